The number of para-hydroxylation sites is 2. The van der Waals surface area contributed by atoms with Crippen molar-refractivity contribution in [3.8, 4) is 0 Å². The molecule has 18 heavy (non-hydrogen) atoms. The summed E-state index contributed by atoms with van der Waals surface area (Å²) in [7, 11) is 1.94. The van der Waals surface area contributed by atoms with Crippen LogP contribution in [0.4, 0.5) is 0 Å². The molecule has 0 aliphatic heterocycles. The molecule has 0 fully saturated rings. The smallest absolute Gasteiger partial charge is 0.245 e. The second kappa shape index (κ2) is 5.16. The van der Waals surface area contributed by atoms with E-state index in [1.165, 1.54) is 0 Å². The lowest BCUT2D eigenvalue weighted by molar-refractivity contribution is -0.126. The fraction of sp³-hybridized carbons (Fsp3) is 0.333. The third kappa shape index (κ3) is 2.49. The lowest BCUT2D eigenvalue weighted by Crippen LogP contribution is -2.27. The molecular weight excluding hydrogens is 232 g/mol. The average Bonchev–Trinajstić information content (AvgIpc) is 2.67. The van der Waals surface area contributed by atoms with Crippen molar-refractivity contribution in [2.45, 2.75) is 13.0 Å². The third-order valence-electron chi connectivity index (χ3n) is 2.68. The quantitative estimate of drug-likeness (QED) is 0.761. The van der Waals surface area contributed by atoms with Gasteiger partial charge in [-0.2, -0.15) is 5.48 Å². The van der Waals surface area contributed by atoms with Crippen molar-refractivity contribution in [3.05, 3.63) is 30.1 Å². The molecule has 0 saturated carbocycles. The summed E-state index contributed by atoms with van der Waals surface area (Å²) in [5, 5.41) is 0. The van der Waals surface area contributed by atoms with E-state index in [-0.39, 0.29) is 12.6 Å². The fourth-order valence-electron chi connectivity index (χ4n) is 1.84. The van der Waals surface area contributed by atoms with Gasteiger partial charge >= 0.3 is 0 Å². The normalized spacial score (nSPS) is 12.8. The predicted molar refractivity (Wildman–Crippen MR) is 67.4 cm³/mol. The maximum atomic E-state index is 10.6. The minimum atomic E-state index is -0.514. The molecule has 2 aromatic rings. The van der Waals surface area contributed by atoms with Crippen LogP contribution >= 0.6 is 0 Å². The van der Waals surface area contributed by atoms with Gasteiger partial charge in [-0.25, -0.2) is 4.98 Å². The zero-order valence-corrected chi connectivity index (χ0v) is 10.4. The predicted octanol–water partition coefficient (Wildman–Crippen LogP) is 0.641. The largest absolute Gasteiger partial charge is 0.368 e. The SMILES string of the molecule is CC(NOCC(N)=O)c1nc2ccccc2n1C. The Bertz CT molecular complexity index is 564. The number of aryl methyl sites for hydroxylation is 1. The van der Waals surface area contributed by atoms with Crippen LogP contribution in [0.3, 0.4) is 0 Å². The van der Waals surface area contributed by atoms with E-state index in [1.807, 2.05) is 42.8 Å². The molecule has 0 aliphatic rings. The zero-order chi connectivity index (χ0) is 13.1. The van der Waals surface area contributed by atoms with Crippen LogP contribution in [0.1, 0.15) is 18.8 Å². The molecule has 1 amide bonds. The monoisotopic (exact) mass is 248 g/mol. The summed E-state index contributed by atoms with van der Waals surface area (Å²) in [6.45, 7) is 1.75. The number of nitrogens with one attached hydrogen (secondary N) is 1. The maximum Gasteiger partial charge on any atom is 0.245 e. The highest BCUT2D eigenvalue weighted by Gasteiger charge is 2.14. The van der Waals surface area contributed by atoms with Crippen LogP contribution in [0.5, 0.6) is 0 Å². The van der Waals surface area contributed by atoms with Gasteiger partial charge in [0.05, 0.1) is 17.1 Å². The molecule has 3 N–H and O–H groups in total. The summed E-state index contributed by atoms with van der Waals surface area (Å²) < 4.78 is 1.99. The number of fused-ring (bicyclic) bond motifs is 1. The second-order valence-corrected chi connectivity index (χ2v) is 4.11. The molecule has 1 aromatic carbocycles. The van der Waals surface area contributed by atoms with Crippen molar-refractivity contribution in [2.75, 3.05) is 6.61 Å². The van der Waals surface area contributed by atoms with Crippen LogP contribution in [-0.2, 0) is 16.7 Å². The number of nitrogens with zero attached hydrogens (tertiary/aromatic N) is 2. The van der Waals surface area contributed by atoms with Gasteiger partial charge in [0.2, 0.25) is 5.91 Å². The van der Waals surface area contributed by atoms with Crippen molar-refractivity contribution < 1.29 is 9.63 Å². The van der Waals surface area contributed by atoms with E-state index in [2.05, 4.69) is 10.5 Å². The van der Waals surface area contributed by atoms with E-state index in [0.29, 0.717) is 0 Å². The molecule has 0 aliphatic carbocycles. The summed E-state index contributed by atoms with van der Waals surface area (Å²) >= 11 is 0. The second-order valence-electron chi connectivity index (χ2n) is 4.11. The van der Waals surface area contributed by atoms with E-state index < -0.39 is 5.91 Å². The average molecular weight is 248 g/mol. The highest BCUT2D eigenvalue weighted by atomic mass is 16.6. The lowest BCUT2D eigenvalue weighted by atomic mass is 10.3. The lowest BCUT2D eigenvalue weighted by Gasteiger charge is -2.12. The first kappa shape index (κ1) is 12.5. The van der Waals surface area contributed by atoms with Crippen molar-refractivity contribution in [1.29, 1.82) is 0 Å². The first-order valence-electron chi connectivity index (χ1n) is 5.66. The van der Waals surface area contributed by atoms with Gasteiger partial charge in [0.1, 0.15) is 12.4 Å². The van der Waals surface area contributed by atoms with Gasteiger partial charge in [0.15, 0.2) is 0 Å². The van der Waals surface area contributed by atoms with Gasteiger partial charge in [0.25, 0.3) is 0 Å². The number of aromatic nitrogens is 2. The highest BCUT2D eigenvalue weighted by Crippen LogP contribution is 2.18. The fourth-order valence-corrected chi connectivity index (χ4v) is 1.84. The Morgan fingerprint density at radius 1 is 1.56 bits per heavy atom. The molecule has 0 radical (unpaired) electrons. The van der Waals surface area contributed by atoms with Gasteiger partial charge < -0.3 is 10.3 Å². The first-order chi connectivity index (χ1) is 8.59. The number of carbonyl (C=O) groups is 1. The van der Waals surface area contributed by atoms with E-state index in [1.54, 1.807) is 0 Å². The number of benzene rings is 1. The minimum absolute atomic E-state index is 0.137. The Kier molecular flexibility index (Phi) is 3.59. The number of nitrogens with two attached hydrogens (primary N) is 1. The number of hydrogen-bond acceptors (Lipinski definition) is 4. The number of rotatable bonds is 5. The van der Waals surface area contributed by atoms with Crippen molar-refractivity contribution in [3.63, 3.8) is 0 Å². The number of amides is 1. The Morgan fingerprint density at radius 2 is 2.28 bits per heavy atom. The maximum absolute atomic E-state index is 10.6. The summed E-state index contributed by atoms with van der Waals surface area (Å²) in [5.41, 5.74) is 9.71. The molecule has 1 atom stereocenters. The van der Waals surface area contributed by atoms with Gasteiger partial charge in [-0.15, -0.1) is 0 Å². The molecule has 6 nitrogen and oxygen atoms in total. The number of carbonyl (C=O) groups excluding carboxylic acids is 1. The van der Waals surface area contributed by atoms with Gasteiger partial charge in [-0.1, -0.05) is 12.1 Å². The zero-order valence-electron chi connectivity index (χ0n) is 10.4. The van der Waals surface area contributed by atoms with Crippen molar-refractivity contribution in [2.24, 2.45) is 12.8 Å². The Labute approximate surface area is 105 Å². The number of imidazole rings is 1. The topological polar surface area (TPSA) is 82.2 Å². The van der Waals surface area contributed by atoms with Crippen LogP contribution < -0.4 is 11.2 Å². The van der Waals surface area contributed by atoms with Crippen LogP contribution in [-0.4, -0.2) is 22.1 Å². The number of hydrogen-bond donors (Lipinski definition) is 2. The first-order valence-corrected chi connectivity index (χ1v) is 5.66. The molecule has 1 unspecified atom stereocenters. The molecule has 6 heteroatoms. The summed E-state index contributed by atoms with van der Waals surface area (Å²) in [6.07, 6.45) is 0. The van der Waals surface area contributed by atoms with Crippen LogP contribution in [0, 0.1) is 0 Å². The Balaban J connectivity index is 2.15. The van der Waals surface area contributed by atoms with E-state index in [0.717, 1.165) is 16.9 Å². The van der Waals surface area contributed by atoms with Gasteiger partial charge in [-0.3, -0.25) is 9.63 Å². The molecule has 2 rings (SSSR count). The van der Waals surface area contributed by atoms with Gasteiger partial charge in [0, 0.05) is 7.05 Å². The Morgan fingerprint density at radius 3 is 2.94 bits per heavy atom. The molecule has 1 heterocycles. The van der Waals surface area contributed by atoms with Crippen LogP contribution in [0.2, 0.25) is 0 Å². The molecule has 96 valence electrons. The molecule has 1 aromatic heterocycles. The molecule has 0 spiro atoms. The van der Waals surface area contributed by atoms with Crippen molar-refractivity contribution >= 4 is 16.9 Å². The number of primary amides is 1. The number of hydroxylamine groups is 1. The van der Waals surface area contributed by atoms with Crippen LogP contribution in [0.25, 0.3) is 11.0 Å². The molecular formula is C12H16N4O2. The summed E-state index contributed by atoms with van der Waals surface area (Å²) in [5.74, 6) is 0.320. The van der Waals surface area contributed by atoms with Gasteiger partial charge in [-0.05, 0) is 19.1 Å². The molecule has 0 bridgehead atoms. The third-order valence-corrected chi connectivity index (χ3v) is 2.68. The van der Waals surface area contributed by atoms with Crippen molar-refractivity contribution in [1.82, 2.24) is 15.0 Å². The minimum Gasteiger partial charge on any atom is -0.368 e. The van der Waals surface area contributed by atoms with E-state index in [9.17, 15) is 4.79 Å². The van der Waals surface area contributed by atoms with E-state index >= 15 is 0 Å². The molecule has 0 saturated heterocycles. The van der Waals surface area contributed by atoms with E-state index in [4.69, 9.17) is 10.6 Å². The highest BCUT2D eigenvalue weighted by molar-refractivity contribution is 5.76. The Hall–Kier alpha value is -1.92. The summed E-state index contributed by atoms with van der Waals surface area (Å²) in [4.78, 5) is 20.1. The summed E-state index contributed by atoms with van der Waals surface area (Å²) in [6, 6.07) is 7.73. The van der Waals surface area contributed by atoms with Crippen LogP contribution in [0.15, 0.2) is 24.3 Å². The standard InChI is InChI=1S/C12H16N4O2/c1-8(15-18-7-11(13)17)12-14-9-5-3-4-6-10(9)16(12)2/h3-6,8,15H,7H2,1-2H3,(H2,13,17).